The minimum Gasteiger partial charge on any atom is -0.358 e. The minimum atomic E-state index is -0.770. The van der Waals surface area contributed by atoms with Gasteiger partial charge in [-0.25, -0.2) is 13.8 Å². The van der Waals surface area contributed by atoms with E-state index in [1.54, 1.807) is 6.92 Å². The molecular weight excluding hydrogens is 332 g/mol. The molecule has 1 N–H and O–H groups in total. The van der Waals surface area contributed by atoms with E-state index in [2.05, 4.69) is 20.4 Å². The van der Waals surface area contributed by atoms with Gasteiger partial charge in [-0.15, -0.1) is 0 Å². The monoisotopic (exact) mass is 345 g/mol. The molecule has 1 saturated heterocycles. The van der Waals surface area contributed by atoms with Crippen molar-refractivity contribution in [1.29, 1.82) is 0 Å². The molecule has 1 atom stereocenters. The summed E-state index contributed by atoms with van der Waals surface area (Å²) < 4.78 is 33.0. The molecule has 3 aromatic rings. The quantitative estimate of drug-likeness (QED) is 0.785. The van der Waals surface area contributed by atoms with E-state index in [-0.39, 0.29) is 12.2 Å². The molecule has 0 saturated carbocycles. The van der Waals surface area contributed by atoms with E-state index in [0.717, 1.165) is 17.0 Å². The summed E-state index contributed by atoms with van der Waals surface area (Å²) in [6, 6.07) is 2.85. The smallest absolute Gasteiger partial charge is 0.263 e. The van der Waals surface area contributed by atoms with Crippen molar-refractivity contribution in [2.24, 2.45) is 0 Å². The van der Waals surface area contributed by atoms with Crippen LogP contribution in [0, 0.1) is 18.6 Å². The lowest BCUT2D eigenvalue weighted by molar-refractivity contribution is -0.117. The number of carbonyl (C=O) groups is 1. The van der Waals surface area contributed by atoms with E-state index in [1.165, 1.54) is 12.4 Å². The number of amides is 1. The van der Waals surface area contributed by atoms with Gasteiger partial charge in [0.2, 0.25) is 5.91 Å². The Labute approximate surface area is 140 Å². The molecule has 1 aromatic carbocycles. The van der Waals surface area contributed by atoms with E-state index in [9.17, 15) is 13.6 Å². The lowest BCUT2D eigenvalue weighted by Gasteiger charge is -2.18. The van der Waals surface area contributed by atoms with Crippen molar-refractivity contribution in [3.8, 4) is 0 Å². The molecule has 2 aromatic heterocycles. The number of para-hydroxylation sites is 1. The summed E-state index contributed by atoms with van der Waals surface area (Å²) in [6.45, 7) is 1.93. The predicted molar refractivity (Wildman–Crippen MR) is 85.1 cm³/mol. The summed E-state index contributed by atoms with van der Waals surface area (Å²) in [7, 11) is 0. The highest BCUT2D eigenvalue weighted by Crippen LogP contribution is 2.30. The van der Waals surface area contributed by atoms with Crippen LogP contribution in [0.25, 0.3) is 11.1 Å². The molecule has 3 heterocycles. The van der Waals surface area contributed by atoms with Gasteiger partial charge in [0, 0.05) is 6.54 Å². The van der Waals surface area contributed by atoms with Crippen LogP contribution in [0.3, 0.4) is 0 Å². The van der Waals surface area contributed by atoms with E-state index in [0.29, 0.717) is 29.0 Å². The van der Waals surface area contributed by atoms with Crippen LogP contribution in [0.4, 0.5) is 20.3 Å². The zero-order valence-electron chi connectivity index (χ0n) is 13.2. The molecular formula is C16H13F2N5O2. The maximum atomic E-state index is 14.0. The second-order valence-electron chi connectivity index (χ2n) is 5.72. The van der Waals surface area contributed by atoms with Crippen molar-refractivity contribution in [2.75, 3.05) is 16.8 Å². The molecule has 9 heteroatoms. The number of anilines is 2. The molecule has 0 radical (unpaired) electrons. The summed E-state index contributed by atoms with van der Waals surface area (Å²) in [5, 5.41) is 7.41. The van der Waals surface area contributed by atoms with Crippen molar-refractivity contribution in [3.63, 3.8) is 0 Å². The second-order valence-corrected chi connectivity index (χ2v) is 5.72. The van der Waals surface area contributed by atoms with Gasteiger partial charge in [0.05, 0.1) is 5.69 Å². The number of benzene rings is 1. The Morgan fingerprint density at radius 1 is 1.28 bits per heavy atom. The Morgan fingerprint density at radius 2 is 2.04 bits per heavy atom. The number of carbonyl (C=O) groups excluding carboxylic acids is 1. The SMILES string of the molecule is Cc1noc2ncnc(NC3CCN(c4c(F)cccc4F)C3=O)c12. The highest BCUT2D eigenvalue weighted by molar-refractivity contribution is 6.02. The van der Waals surface area contributed by atoms with Crippen molar-refractivity contribution in [3.05, 3.63) is 41.9 Å². The fourth-order valence-electron chi connectivity index (χ4n) is 2.98. The largest absolute Gasteiger partial charge is 0.358 e. The summed E-state index contributed by atoms with van der Waals surface area (Å²) >= 11 is 0. The summed E-state index contributed by atoms with van der Waals surface area (Å²) in [4.78, 5) is 21.8. The number of hydrogen-bond acceptors (Lipinski definition) is 6. The van der Waals surface area contributed by atoms with E-state index >= 15 is 0 Å². The molecule has 4 rings (SSSR count). The molecule has 128 valence electrons. The fourth-order valence-corrected chi connectivity index (χ4v) is 2.98. The van der Waals surface area contributed by atoms with Crippen molar-refractivity contribution >= 4 is 28.5 Å². The van der Waals surface area contributed by atoms with Gasteiger partial charge in [0.25, 0.3) is 5.71 Å². The summed E-state index contributed by atoms with van der Waals surface area (Å²) in [6.07, 6.45) is 1.67. The van der Waals surface area contributed by atoms with E-state index < -0.39 is 23.6 Å². The average Bonchev–Trinajstić information content (AvgIpc) is 3.13. The predicted octanol–water partition coefficient (Wildman–Crippen LogP) is 2.42. The Bertz CT molecular complexity index is 954. The fraction of sp³-hybridized carbons (Fsp3) is 0.250. The van der Waals surface area contributed by atoms with Crippen LogP contribution < -0.4 is 10.2 Å². The number of hydrogen-bond donors (Lipinski definition) is 1. The Kier molecular flexibility index (Phi) is 3.56. The number of fused-ring (bicyclic) bond motifs is 1. The van der Waals surface area contributed by atoms with Gasteiger partial charge in [0.1, 0.15) is 40.9 Å². The summed E-state index contributed by atoms with van der Waals surface area (Å²) in [5.41, 5.74) is 0.559. The third-order valence-corrected chi connectivity index (χ3v) is 4.17. The van der Waals surface area contributed by atoms with E-state index in [4.69, 9.17) is 4.52 Å². The van der Waals surface area contributed by atoms with Gasteiger partial charge in [-0.2, -0.15) is 4.98 Å². The molecule has 1 amide bonds. The van der Waals surface area contributed by atoms with Crippen LogP contribution in [-0.4, -0.2) is 33.6 Å². The van der Waals surface area contributed by atoms with Gasteiger partial charge in [-0.1, -0.05) is 11.2 Å². The highest BCUT2D eigenvalue weighted by atomic mass is 19.1. The number of nitrogens with zero attached hydrogens (tertiary/aromatic N) is 4. The van der Waals surface area contributed by atoms with Crippen molar-refractivity contribution < 1.29 is 18.1 Å². The van der Waals surface area contributed by atoms with Gasteiger partial charge < -0.3 is 14.7 Å². The summed E-state index contributed by atoms with van der Waals surface area (Å²) in [5.74, 6) is -1.57. The van der Waals surface area contributed by atoms with Gasteiger partial charge in [-0.3, -0.25) is 4.79 Å². The number of rotatable bonds is 3. The standard InChI is InChI=1S/C16H13F2N5O2/c1-8-12-14(19-7-20-15(12)25-22-8)21-11-5-6-23(16(11)24)13-9(17)3-2-4-10(13)18/h2-4,7,11H,5-6H2,1H3,(H,19,20,21). The third-order valence-electron chi connectivity index (χ3n) is 4.17. The van der Waals surface area contributed by atoms with Gasteiger partial charge in [0.15, 0.2) is 0 Å². The van der Waals surface area contributed by atoms with Crippen LogP contribution in [-0.2, 0) is 4.79 Å². The molecule has 0 aliphatic carbocycles. The highest BCUT2D eigenvalue weighted by Gasteiger charge is 2.36. The first kappa shape index (κ1) is 15.4. The maximum absolute atomic E-state index is 14.0. The maximum Gasteiger partial charge on any atom is 0.263 e. The van der Waals surface area contributed by atoms with Crippen LogP contribution in [0.2, 0.25) is 0 Å². The first-order chi connectivity index (χ1) is 12.1. The number of aromatic nitrogens is 3. The molecule has 1 unspecified atom stereocenters. The normalized spacial score (nSPS) is 17.5. The van der Waals surface area contributed by atoms with Gasteiger partial charge >= 0.3 is 0 Å². The second kappa shape index (κ2) is 5.76. The Balaban J connectivity index is 1.63. The van der Waals surface area contributed by atoms with Crippen LogP contribution in [0.5, 0.6) is 0 Å². The zero-order chi connectivity index (χ0) is 17.6. The number of aryl methyl sites for hydroxylation is 1. The lowest BCUT2D eigenvalue weighted by atomic mass is 10.2. The molecule has 1 aliphatic heterocycles. The number of halogens is 2. The van der Waals surface area contributed by atoms with Crippen LogP contribution in [0.1, 0.15) is 12.1 Å². The average molecular weight is 345 g/mol. The molecule has 0 spiro atoms. The van der Waals surface area contributed by atoms with Crippen molar-refractivity contribution in [1.82, 2.24) is 15.1 Å². The minimum absolute atomic E-state index is 0.200. The third kappa shape index (κ3) is 2.48. The molecule has 1 aliphatic rings. The molecule has 25 heavy (non-hydrogen) atoms. The van der Waals surface area contributed by atoms with Crippen LogP contribution in [0.15, 0.2) is 29.0 Å². The Morgan fingerprint density at radius 3 is 2.80 bits per heavy atom. The van der Waals surface area contributed by atoms with E-state index in [1.807, 2.05) is 0 Å². The van der Waals surface area contributed by atoms with Crippen LogP contribution >= 0.6 is 0 Å². The molecule has 0 bridgehead atoms. The Hall–Kier alpha value is -3.10. The zero-order valence-corrected chi connectivity index (χ0v) is 13.2. The molecule has 7 nitrogen and oxygen atoms in total. The van der Waals surface area contributed by atoms with Gasteiger partial charge in [-0.05, 0) is 25.5 Å². The van der Waals surface area contributed by atoms with Crippen molar-refractivity contribution in [2.45, 2.75) is 19.4 Å². The first-order valence-corrected chi connectivity index (χ1v) is 7.65. The lowest BCUT2D eigenvalue weighted by Crippen LogP contribution is -2.34. The molecule has 1 fully saturated rings. The number of nitrogens with one attached hydrogen (secondary N) is 1. The first-order valence-electron chi connectivity index (χ1n) is 7.65. The topological polar surface area (TPSA) is 84.2 Å².